The van der Waals surface area contributed by atoms with Gasteiger partial charge in [-0.05, 0) is 61.1 Å². The lowest BCUT2D eigenvalue weighted by Gasteiger charge is -2.38. The molecule has 1 aliphatic heterocycles. The van der Waals surface area contributed by atoms with E-state index in [1.54, 1.807) is 36.5 Å². The Labute approximate surface area is 190 Å². The molecule has 4 rings (SSSR count). The van der Waals surface area contributed by atoms with E-state index in [-0.39, 0.29) is 11.9 Å². The molecule has 1 saturated heterocycles. The topological polar surface area (TPSA) is 65.5 Å². The number of hydrogen-bond acceptors (Lipinski definition) is 4. The lowest BCUT2D eigenvalue weighted by atomic mass is 10.00. The van der Waals surface area contributed by atoms with Crippen LogP contribution in [0.15, 0.2) is 42.7 Å². The van der Waals surface area contributed by atoms with Gasteiger partial charge in [-0.15, -0.1) is 0 Å². The number of nitrogens with one attached hydrogen (secondary N) is 1. The molecule has 176 valence electrons. The molecule has 1 atom stereocenters. The zero-order valence-electron chi connectivity index (χ0n) is 18.4. The predicted molar refractivity (Wildman–Crippen MR) is 118 cm³/mol. The fraction of sp³-hybridized carbons (Fsp3) is 0.458. The van der Waals surface area contributed by atoms with E-state index in [2.05, 4.69) is 15.2 Å². The number of carbonyl (C=O) groups is 2. The summed E-state index contributed by atoms with van der Waals surface area (Å²) in [7, 11) is 1.80. The summed E-state index contributed by atoms with van der Waals surface area (Å²) in [5, 5.41) is 2.48. The number of amides is 2. The van der Waals surface area contributed by atoms with Crippen molar-refractivity contribution in [2.45, 2.75) is 50.4 Å². The van der Waals surface area contributed by atoms with Crippen molar-refractivity contribution in [2.24, 2.45) is 0 Å². The number of pyridine rings is 1. The van der Waals surface area contributed by atoms with Crippen LogP contribution in [-0.4, -0.2) is 54.1 Å². The van der Waals surface area contributed by atoms with Crippen molar-refractivity contribution in [1.82, 2.24) is 15.2 Å². The van der Waals surface area contributed by atoms with Gasteiger partial charge in [-0.3, -0.25) is 14.6 Å². The van der Waals surface area contributed by atoms with Gasteiger partial charge in [-0.1, -0.05) is 6.07 Å². The van der Waals surface area contributed by atoms with Gasteiger partial charge >= 0.3 is 6.18 Å². The highest BCUT2D eigenvalue weighted by atomic mass is 19.4. The van der Waals surface area contributed by atoms with Gasteiger partial charge in [-0.2, -0.15) is 13.2 Å². The van der Waals surface area contributed by atoms with Crippen molar-refractivity contribution >= 4 is 17.5 Å². The number of benzene rings is 1. The third kappa shape index (κ3) is 5.46. The highest BCUT2D eigenvalue weighted by molar-refractivity contribution is 5.94. The van der Waals surface area contributed by atoms with Crippen LogP contribution in [0.2, 0.25) is 0 Å². The number of nitrogens with zero attached hydrogens (tertiary/aromatic N) is 3. The van der Waals surface area contributed by atoms with Crippen molar-refractivity contribution in [3.05, 3.63) is 59.4 Å². The Hall–Kier alpha value is -3.10. The van der Waals surface area contributed by atoms with Gasteiger partial charge in [0.25, 0.3) is 5.91 Å². The van der Waals surface area contributed by atoms with E-state index in [9.17, 15) is 22.8 Å². The normalized spacial score (nSPS) is 18.7. The largest absolute Gasteiger partial charge is 0.397 e. The fourth-order valence-corrected chi connectivity index (χ4v) is 4.75. The molecule has 0 spiro atoms. The Kier molecular flexibility index (Phi) is 6.58. The molecule has 1 unspecified atom stereocenters. The molecule has 2 aromatic rings. The molecule has 1 fully saturated rings. The van der Waals surface area contributed by atoms with Crippen molar-refractivity contribution in [2.75, 3.05) is 25.0 Å². The Bertz CT molecular complexity index is 1000. The average Bonchev–Trinajstić information content (AvgIpc) is 3.19. The number of anilines is 1. The van der Waals surface area contributed by atoms with Gasteiger partial charge in [0, 0.05) is 49.8 Å². The average molecular weight is 461 g/mol. The molecule has 0 bridgehead atoms. The van der Waals surface area contributed by atoms with Crippen LogP contribution in [-0.2, 0) is 11.2 Å². The van der Waals surface area contributed by atoms with Crippen LogP contribution in [0.1, 0.15) is 53.2 Å². The molecule has 2 aliphatic rings. The van der Waals surface area contributed by atoms with E-state index in [1.807, 2.05) is 18.2 Å². The van der Waals surface area contributed by atoms with Crippen LogP contribution < -0.4 is 10.2 Å². The molecular weight excluding hydrogens is 433 g/mol. The summed E-state index contributed by atoms with van der Waals surface area (Å²) in [6.07, 6.45) is 0.353. The number of carbonyl (C=O) groups excluding carboxylic acids is 2. The quantitative estimate of drug-likeness (QED) is 0.736. The Morgan fingerprint density at radius 1 is 1.12 bits per heavy atom. The van der Waals surface area contributed by atoms with Crippen LogP contribution in [0, 0.1) is 0 Å². The number of piperidine rings is 1. The summed E-state index contributed by atoms with van der Waals surface area (Å²) in [6, 6.07) is 8.89. The molecule has 2 amide bonds. The molecule has 0 radical (unpaired) electrons. The first-order valence-corrected chi connectivity index (χ1v) is 11.1. The number of aromatic nitrogens is 1. The SMILES string of the molecule is CN(C(=O)c1ccc2c(c1)C(NC(=O)CC(F)(F)F)CC2)C1CCN(c2ccncc2)CC1. The lowest BCUT2D eigenvalue weighted by Crippen LogP contribution is -2.45. The number of rotatable bonds is 5. The smallest absolute Gasteiger partial charge is 0.371 e. The Morgan fingerprint density at radius 2 is 1.82 bits per heavy atom. The summed E-state index contributed by atoms with van der Waals surface area (Å²) in [5.41, 5.74) is 3.30. The highest BCUT2D eigenvalue weighted by Gasteiger charge is 2.34. The van der Waals surface area contributed by atoms with E-state index >= 15 is 0 Å². The Morgan fingerprint density at radius 3 is 2.48 bits per heavy atom. The van der Waals surface area contributed by atoms with E-state index in [4.69, 9.17) is 0 Å². The van der Waals surface area contributed by atoms with E-state index in [0.29, 0.717) is 18.4 Å². The van der Waals surface area contributed by atoms with Crippen molar-refractivity contribution in [1.29, 1.82) is 0 Å². The van der Waals surface area contributed by atoms with Gasteiger partial charge in [-0.25, -0.2) is 0 Å². The second kappa shape index (κ2) is 9.41. The molecule has 2 heterocycles. The van der Waals surface area contributed by atoms with Gasteiger partial charge in [0.1, 0.15) is 6.42 Å². The van der Waals surface area contributed by atoms with E-state index in [1.165, 1.54) is 0 Å². The minimum Gasteiger partial charge on any atom is -0.371 e. The maximum atomic E-state index is 13.2. The maximum Gasteiger partial charge on any atom is 0.397 e. The van der Waals surface area contributed by atoms with Crippen LogP contribution >= 0.6 is 0 Å². The molecule has 1 aliphatic carbocycles. The highest BCUT2D eigenvalue weighted by Crippen LogP contribution is 2.33. The maximum absolute atomic E-state index is 13.2. The third-order valence-electron chi connectivity index (χ3n) is 6.53. The van der Waals surface area contributed by atoms with Crippen LogP contribution in [0.4, 0.5) is 18.9 Å². The van der Waals surface area contributed by atoms with Crippen molar-refractivity contribution in [3.8, 4) is 0 Å². The van der Waals surface area contributed by atoms with Crippen molar-refractivity contribution in [3.63, 3.8) is 0 Å². The molecule has 9 heteroatoms. The van der Waals surface area contributed by atoms with Gasteiger partial charge in [0.05, 0.1) is 6.04 Å². The summed E-state index contributed by atoms with van der Waals surface area (Å²) in [5.74, 6) is -1.16. The number of hydrogen-bond donors (Lipinski definition) is 1. The molecular formula is C24H27F3N4O2. The monoisotopic (exact) mass is 460 g/mol. The number of fused-ring (bicyclic) bond motifs is 1. The zero-order valence-corrected chi connectivity index (χ0v) is 18.4. The zero-order chi connectivity index (χ0) is 23.6. The van der Waals surface area contributed by atoms with Gasteiger partial charge in [0.2, 0.25) is 5.91 Å². The van der Waals surface area contributed by atoms with Gasteiger partial charge < -0.3 is 15.1 Å². The molecule has 6 nitrogen and oxygen atoms in total. The third-order valence-corrected chi connectivity index (χ3v) is 6.53. The molecule has 1 aromatic carbocycles. The fourth-order valence-electron chi connectivity index (χ4n) is 4.75. The van der Waals surface area contributed by atoms with Gasteiger partial charge in [0.15, 0.2) is 0 Å². The van der Waals surface area contributed by atoms with E-state index in [0.717, 1.165) is 42.7 Å². The van der Waals surface area contributed by atoms with Crippen LogP contribution in [0.3, 0.4) is 0 Å². The minimum absolute atomic E-state index is 0.103. The lowest BCUT2D eigenvalue weighted by molar-refractivity contribution is -0.154. The summed E-state index contributed by atoms with van der Waals surface area (Å²) < 4.78 is 37.5. The second-order valence-corrected chi connectivity index (χ2v) is 8.70. The Balaban J connectivity index is 1.39. The summed E-state index contributed by atoms with van der Waals surface area (Å²) in [4.78, 5) is 33.0. The molecule has 33 heavy (non-hydrogen) atoms. The molecule has 0 saturated carbocycles. The van der Waals surface area contributed by atoms with Crippen LogP contribution in [0.25, 0.3) is 0 Å². The summed E-state index contributed by atoms with van der Waals surface area (Å²) in [6.45, 7) is 1.67. The first-order valence-electron chi connectivity index (χ1n) is 11.1. The second-order valence-electron chi connectivity index (χ2n) is 8.70. The summed E-state index contributed by atoms with van der Waals surface area (Å²) >= 11 is 0. The van der Waals surface area contributed by atoms with E-state index < -0.39 is 24.5 Å². The van der Waals surface area contributed by atoms with Crippen molar-refractivity contribution < 1.29 is 22.8 Å². The number of aryl methyl sites for hydroxylation is 1. The molecule has 1 aromatic heterocycles. The predicted octanol–water partition coefficient (Wildman–Crippen LogP) is 3.88. The number of alkyl halides is 3. The minimum atomic E-state index is -4.54. The first kappa shape index (κ1) is 23.1. The van der Waals surface area contributed by atoms with Crippen LogP contribution in [0.5, 0.6) is 0 Å². The molecule has 1 N–H and O–H groups in total. The standard InChI is InChI=1S/C24H27F3N4O2/c1-30(18-8-12-31(13-9-18)19-6-10-28-11-7-19)23(33)17-3-2-16-4-5-21(20(16)14-17)29-22(32)15-24(25,26)27/h2-3,6-7,10-11,14,18,21H,4-5,8-9,12-13,15H2,1H3,(H,29,32). The number of halogens is 3. The first-order chi connectivity index (χ1) is 15.7.